The number of anilines is 1. The highest BCUT2D eigenvalue weighted by atomic mass is 15.2. The zero-order valence-electron chi connectivity index (χ0n) is 10.4. The summed E-state index contributed by atoms with van der Waals surface area (Å²) in [5.41, 5.74) is 8.91. The molecule has 1 atom stereocenters. The fourth-order valence-corrected chi connectivity index (χ4v) is 2.43. The van der Waals surface area contributed by atoms with Gasteiger partial charge in [0.25, 0.3) is 0 Å². The van der Waals surface area contributed by atoms with Gasteiger partial charge in [0.15, 0.2) is 0 Å². The van der Waals surface area contributed by atoms with E-state index in [1.165, 1.54) is 17.7 Å². The molecule has 1 fully saturated rings. The summed E-state index contributed by atoms with van der Waals surface area (Å²) in [6.45, 7) is 6.45. The molecular weight excluding hydrogens is 196 g/mol. The van der Waals surface area contributed by atoms with E-state index in [-0.39, 0.29) is 5.54 Å². The summed E-state index contributed by atoms with van der Waals surface area (Å²) in [5.74, 6) is 0. The molecule has 1 unspecified atom stereocenters. The second-order valence-electron chi connectivity index (χ2n) is 5.20. The molecule has 16 heavy (non-hydrogen) atoms. The Kier molecular flexibility index (Phi) is 3.20. The lowest BCUT2D eigenvalue weighted by Crippen LogP contribution is -2.52. The monoisotopic (exact) mass is 218 g/mol. The van der Waals surface area contributed by atoms with Crippen molar-refractivity contribution >= 4 is 5.69 Å². The summed E-state index contributed by atoms with van der Waals surface area (Å²) in [6.07, 6.45) is 3.44. The Hall–Kier alpha value is -1.02. The lowest BCUT2D eigenvalue weighted by atomic mass is 9.92. The minimum atomic E-state index is -0.0261. The number of benzene rings is 1. The zero-order chi connectivity index (χ0) is 11.6. The van der Waals surface area contributed by atoms with Crippen molar-refractivity contribution in [2.45, 2.75) is 38.6 Å². The highest BCUT2D eigenvalue weighted by Gasteiger charge is 2.26. The van der Waals surface area contributed by atoms with Crippen LogP contribution in [-0.2, 0) is 6.42 Å². The van der Waals surface area contributed by atoms with Crippen molar-refractivity contribution < 1.29 is 0 Å². The van der Waals surface area contributed by atoms with Crippen LogP contribution >= 0.6 is 0 Å². The van der Waals surface area contributed by atoms with E-state index >= 15 is 0 Å². The SMILES string of the molecule is CCc1ccc(N2CCCC(C)(N)C2)cc1. The van der Waals surface area contributed by atoms with E-state index in [0.29, 0.717) is 0 Å². The molecule has 0 radical (unpaired) electrons. The van der Waals surface area contributed by atoms with E-state index in [1.807, 2.05) is 0 Å². The van der Waals surface area contributed by atoms with Crippen LogP contribution in [0.4, 0.5) is 5.69 Å². The zero-order valence-corrected chi connectivity index (χ0v) is 10.4. The Morgan fingerprint density at radius 2 is 2.00 bits per heavy atom. The Bertz CT molecular complexity index is 340. The third-order valence-electron chi connectivity index (χ3n) is 3.44. The third-order valence-corrected chi connectivity index (χ3v) is 3.44. The van der Waals surface area contributed by atoms with Gasteiger partial charge in [0.05, 0.1) is 0 Å². The lowest BCUT2D eigenvalue weighted by Gasteiger charge is -2.39. The van der Waals surface area contributed by atoms with E-state index in [1.54, 1.807) is 0 Å². The van der Waals surface area contributed by atoms with Gasteiger partial charge in [0.1, 0.15) is 0 Å². The quantitative estimate of drug-likeness (QED) is 0.826. The van der Waals surface area contributed by atoms with Gasteiger partial charge >= 0.3 is 0 Å². The number of nitrogens with two attached hydrogens (primary N) is 1. The minimum Gasteiger partial charge on any atom is -0.370 e. The summed E-state index contributed by atoms with van der Waals surface area (Å²) in [5, 5.41) is 0. The standard InChI is InChI=1S/C14H22N2/c1-3-12-5-7-13(8-6-12)16-10-4-9-14(2,15)11-16/h5-8H,3-4,9-11,15H2,1-2H3. The summed E-state index contributed by atoms with van der Waals surface area (Å²) >= 11 is 0. The fourth-order valence-electron chi connectivity index (χ4n) is 2.43. The van der Waals surface area contributed by atoms with Crippen LogP contribution in [0.25, 0.3) is 0 Å². The van der Waals surface area contributed by atoms with Crippen LogP contribution in [0.1, 0.15) is 32.3 Å². The fraction of sp³-hybridized carbons (Fsp3) is 0.571. The third kappa shape index (κ3) is 2.56. The van der Waals surface area contributed by atoms with Gasteiger partial charge in [-0.25, -0.2) is 0 Å². The molecule has 2 rings (SSSR count). The first-order valence-electron chi connectivity index (χ1n) is 6.23. The van der Waals surface area contributed by atoms with Crippen LogP contribution in [0.2, 0.25) is 0 Å². The number of hydrogen-bond donors (Lipinski definition) is 1. The maximum Gasteiger partial charge on any atom is 0.0367 e. The van der Waals surface area contributed by atoms with Crippen LogP contribution in [0.3, 0.4) is 0 Å². The smallest absolute Gasteiger partial charge is 0.0367 e. The molecule has 2 heteroatoms. The molecule has 0 aromatic heterocycles. The molecule has 1 heterocycles. The van der Waals surface area contributed by atoms with Crippen molar-refractivity contribution in [1.82, 2.24) is 0 Å². The molecule has 1 aromatic carbocycles. The van der Waals surface area contributed by atoms with E-state index in [0.717, 1.165) is 25.9 Å². The van der Waals surface area contributed by atoms with Gasteiger partial charge in [0, 0.05) is 24.3 Å². The normalized spacial score (nSPS) is 25.8. The molecule has 1 aromatic rings. The average molecular weight is 218 g/mol. The first kappa shape index (κ1) is 11.5. The Morgan fingerprint density at radius 3 is 2.56 bits per heavy atom. The molecule has 0 saturated carbocycles. The van der Waals surface area contributed by atoms with Gasteiger partial charge in [-0.05, 0) is 43.9 Å². The van der Waals surface area contributed by atoms with Crippen LogP contribution in [0.5, 0.6) is 0 Å². The topological polar surface area (TPSA) is 29.3 Å². The molecule has 2 N–H and O–H groups in total. The van der Waals surface area contributed by atoms with Crippen molar-refractivity contribution in [2.24, 2.45) is 5.73 Å². The van der Waals surface area contributed by atoms with Gasteiger partial charge in [-0.3, -0.25) is 0 Å². The highest BCUT2D eigenvalue weighted by Crippen LogP contribution is 2.24. The largest absolute Gasteiger partial charge is 0.370 e. The van der Waals surface area contributed by atoms with Crippen molar-refractivity contribution in [1.29, 1.82) is 0 Å². The van der Waals surface area contributed by atoms with Crippen LogP contribution in [0, 0.1) is 0 Å². The average Bonchev–Trinajstić information content (AvgIpc) is 2.28. The molecule has 1 saturated heterocycles. The molecule has 0 spiro atoms. The first-order valence-corrected chi connectivity index (χ1v) is 6.23. The summed E-state index contributed by atoms with van der Waals surface area (Å²) in [6, 6.07) is 8.88. The molecule has 0 bridgehead atoms. The number of rotatable bonds is 2. The van der Waals surface area contributed by atoms with E-state index in [4.69, 9.17) is 5.73 Å². The van der Waals surface area contributed by atoms with Crippen LogP contribution in [0.15, 0.2) is 24.3 Å². The predicted octanol–water partition coefficient (Wildman–Crippen LogP) is 2.57. The van der Waals surface area contributed by atoms with Gasteiger partial charge in [-0.15, -0.1) is 0 Å². The highest BCUT2D eigenvalue weighted by molar-refractivity contribution is 5.48. The Morgan fingerprint density at radius 1 is 1.31 bits per heavy atom. The van der Waals surface area contributed by atoms with Gasteiger partial charge in [-0.1, -0.05) is 19.1 Å². The number of nitrogens with zero attached hydrogens (tertiary/aromatic N) is 1. The first-order chi connectivity index (χ1) is 7.61. The van der Waals surface area contributed by atoms with Gasteiger partial charge in [-0.2, -0.15) is 0 Å². The molecular formula is C14H22N2. The van der Waals surface area contributed by atoms with E-state index in [2.05, 4.69) is 43.0 Å². The number of aryl methyl sites for hydroxylation is 1. The Labute approximate surface area is 98.4 Å². The summed E-state index contributed by atoms with van der Waals surface area (Å²) < 4.78 is 0. The molecule has 0 aliphatic carbocycles. The lowest BCUT2D eigenvalue weighted by molar-refractivity contribution is 0.375. The van der Waals surface area contributed by atoms with Crippen molar-refractivity contribution in [3.8, 4) is 0 Å². The van der Waals surface area contributed by atoms with E-state index < -0.39 is 0 Å². The molecule has 0 amide bonds. The van der Waals surface area contributed by atoms with Gasteiger partial charge < -0.3 is 10.6 Å². The molecule has 2 nitrogen and oxygen atoms in total. The summed E-state index contributed by atoms with van der Waals surface area (Å²) in [4.78, 5) is 2.41. The molecule has 1 aliphatic heterocycles. The maximum atomic E-state index is 6.22. The molecule has 88 valence electrons. The second kappa shape index (κ2) is 4.46. The van der Waals surface area contributed by atoms with Crippen LogP contribution in [-0.4, -0.2) is 18.6 Å². The van der Waals surface area contributed by atoms with Crippen molar-refractivity contribution in [3.05, 3.63) is 29.8 Å². The predicted molar refractivity (Wildman–Crippen MR) is 69.9 cm³/mol. The minimum absolute atomic E-state index is 0.0261. The van der Waals surface area contributed by atoms with Crippen molar-refractivity contribution in [3.63, 3.8) is 0 Å². The second-order valence-corrected chi connectivity index (χ2v) is 5.20. The number of hydrogen-bond acceptors (Lipinski definition) is 2. The van der Waals surface area contributed by atoms with Crippen molar-refractivity contribution in [2.75, 3.05) is 18.0 Å². The van der Waals surface area contributed by atoms with Gasteiger partial charge in [0.2, 0.25) is 0 Å². The Balaban J connectivity index is 2.11. The maximum absolute atomic E-state index is 6.22. The molecule has 1 aliphatic rings. The van der Waals surface area contributed by atoms with Crippen LogP contribution < -0.4 is 10.6 Å². The summed E-state index contributed by atoms with van der Waals surface area (Å²) in [7, 11) is 0. The number of piperidine rings is 1. The van der Waals surface area contributed by atoms with E-state index in [9.17, 15) is 0 Å².